The average Bonchev–Trinajstić information content (AvgIpc) is 2.16. The molecule has 2 nitrogen and oxygen atoms in total. The van der Waals surface area contributed by atoms with Gasteiger partial charge in [0.2, 0.25) is 0 Å². The summed E-state index contributed by atoms with van der Waals surface area (Å²) in [7, 11) is 1.59. The van der Waals surface area contributed by atoms with Crippen molar-refractivity contribution < 1.29 is 4.74 Å². The highest BCUT2D eigenvalue weighted by Gasteiger charge is 2.09. The van der Waals surface area contributed by atoms with E-state index in [-0.39, 0.29) is 12.4 Å². The predicted octanol–water partition coefficient (Wildman–Crippen LogP) is 4.42. The van der Waals surface area contributed by atoms with Gasteiger partial charge in [0.15, 0.2) is 0 Å². The van der Waals surface area contributed by atoms with Gasteiger partial charge in [-0.1, -0.05) is 45.7 Å². The average molecular weight is 361 g/mol. The molecule has 0 spiro atoms. The summed E-state index contributed by atoms with van der Waals surface area (Å²) in [5, 5.41) is 4.30. The van der Waals surface area contributed by atoms with Crippen molar-refractivity contribution in [3.63, 3.8) is 0 Å². The standard InChI is InChI=1S/C11H12BrCl2NO.ClH/c1-7(12)5-15-6-8-3-9(13)4-10(14)11(8)16-2;/h3-4,15H,1,5-6H2,2H3;1H. The third kappa shape index (κ3) is 5.49. The second-order valence-corrected chi connectivity index (χ2v) is 5.17. The van der Waals surface area contributed by atoms with E-state index in [9.17, 15) is 0 Å². The lowest BCUT2D eigenvalue weighted by Crippen LogP contribution is -2.15. The van der Waals surface area contributed by atoms with Gasteiger partial charge in [0.05, 0.1) is 12.1 Å². The van der Waals surface area contributed by atoms with Gasteiger partial charge < -0.3 is 10.1 Å². The minimum Gasteiger partial charge on any atom is -0.495 e. The SMILES string of the molecule is C=C(Br)CNCc1cc(Cl)cc(Cl)c1OC.Cl. The summed E-state index contributed by atoms with van der Waals surface area (Å²) in [5.41, 5.74) is 0.925. The van der Waals surface area contributed by atoms with E-state index in [4.69, 9.17) is 27.9 Å². The molecule has 96 valence electrons. The third-order valence-electron chi connectivity index (χ3n) is 1.92. The number of methoxy groups -OCH3 is 1. The molecule has 0 saturated heterocycles. The molecule has 0 aliphatic rings. The first kappa shape index (κ1) is 17.1. The Bertz CT molecular complexity index is 399. The molecule has 17 heavy (non-hydrogen) atoms. The lowest BCUT2D eigenvalue weighted by molar-refractivity contribution is 0.408. The van der Waals surface area contributed by atoms with Gasteiger partial charge in [-0.3, -0.25) is 0 Å². The van der Waals surface area contributed by atoms with Crippen molar-refractivity contribution in [3.05, 3.63) is 38.8 Å². The van der Waals surface area contributed by atoms with Crippen LogP contribution in [0.25, 0.3) is 0 Å². The highest BCUT2D eigenvalue weighted by molar-refractivity contribution is 9.11. The van der Waals surface area contributed by atoms with Crippen LogP contribution in [0.15, 0.2) is 23.2 Å². The van der Waals surface area contributed by atoms with Crippen molar-refractivity contribution in [2.45, 2.75) is 6.54 Å². The fourth-order valence-corrected chi connectivity index (χ4v) is 2.12. The Morgan fingerprint density at radius 3 is 2.65 bits per heavy atom. The number of halogens is 4. The number of hydrogen-bond donors (Lipinski definition) is 1. The largest absolute Gasteiger partial charge is 0.495 e. The minimum atomic E-state index is 0. The van der Waals surface area contributed by atoms with Gasteiger partial charge in [0, 0.05) is 28.2 Å². The number of benzene rings is 1. The van der Waals surface area contributed by atoms with Crippen molar-refractivity contribution in [2.75, 3.05) is 13.7 Å². The smallest absolute Gasteiger partial charge is 0.142 e. The van der Waals surface area contributed by atoms with Crippen LogP contribution in [0, 0.1) is 0 Å². The van der Waals surface area contributed by atoms with Crippen molar-refractivity contribution in [3.8, 4) is 5.75 Å². The van der Waals surface area contributed by atoms with Crippen LogP contribution in [0.1, 0.15) is 5.56 Å². The van der Waals surface area contributed by atoms with Gasteiger partial charge in [-0.15, -0.1) is 12.4 Å². The molecule has 0 heterocycles. The van der Waals surface area contributed by atoms with Crippen LogP contribution in [0.5, 0.6) is 5.75 Å². The minimum absolute atomic E-state index is 0. The molecular formula is C11H13BrCl3NO. The Morgan fingerprint density at radius 2 is 2.12 bits per heavy atom. The number of ether oxygens (including phenoxy) is 1. The summed E-state index contributed by atoms with van der Waals surface area (Å²) >= 11 is 15.2. The fraction of sp³-hybridized carbons (Fsp3) is 0.273. The Balaban J connectivity index is 0.00000256. The maximum Gasteiger partial charge on any atom is 0.142 e. The molecule has 0 aliphatic carbocycles. The zero-order valence-electron chi connectivity index (χ0n) is 9.23. The molecule has 1 aromatic rings. The fourth-order valence-electron chi connectivity index (χ4n) is 1.31. The summed E-state index contributed by atoms with van der Waals surface area (Å²) in [5.74, 6) is 0.652. The molecule has 1 aromatic carbocycles. The van der Waals surface area contributed by atoms with Crippen LogP contribution >= 0.6 is 51.5 Å². The zero-order valence-corrected chi connectivity index (χ0v) is 13.1. The Morgan fingerprint density at radius 1 is 1.47 bits per heavy atom. The highest BCUT2D eigenvalue weighted by Crippen LogP contribution is 2.32. The van der Waals surface area contributed by atoms with Crippen molar-refractivity contribution in [1.29, 1.82) is 0 Å². The lowest BCUT2D eigenvalue weighted by atomic mass is 10.2. The molecule has 0 atom stereocenters. The molecular weight excluding hydrogens is 348 g/mol. The van der Waals surface area contributed by atoms with Crippen molar-refractivity contribution >= 4 is 51.5 Å². The van der Waals surface area contributed by atoms with Crippen molar-refractivity contribution in [1.82, 2.24) is 5.32 Å². The molecule has 0 aliphatic heterocycles. The van der Waals surface area contributed by atoms with E-state index in [1.165, 1.54) is 0 Å². The van der Waals surface area contributed by atoms with E-state index in [1.54, 1.807) is 13.2 Å². The molecule has 0 saturated carbocycles. The van der Waals surface area contributed by atoms with E-state index in [0.717, 1.165) is 10.0 Å². The summed E-state index contributed by atoms with van der Waals surface area (Å²) < 4.78 is 6.11. The lowest BCUT2D eigenvalue weighted by Gasteiger charge is -2.11. The molecule has 0 radical (unpaired) electrons. The van der Waals surface area contributed by atoms with Gasteiger partial charge in [0.25, 0.3) is 0 Å². The Hall–Kier alpha value is 0.0700. The van der Waals surface area contributed by atoms with Crippen LogP contribution in [0.4, 0.5) is 0 Å². The summed E-state index contributed by atoms with van der Waals surface area (Å²) in [6, 6.07) is 3.49. The number of hydrogen-bond acceptors (Lipinski definition) is 2. The molecule has 1 N–H and O–H groups in total. The predicted molar refractivity (Wildman–Crippen MR) is 80.0 cm³/mol. The van der Waals surface area contributed by atoms with Gasteiger partial charge in [-0.25, -0.2) is 0 Å². The van der Waals surface area contributed by atoms with Gasteiger partial charge in [-0.05, 0) is 12.1 Å². The van der Waals surface area contributed by atoms with E-state index in [2.05, 4.69) is 27.8 Å². The number of nitrogens with one attached hydrogen (secondary N) is 1. The van der Waals surface area contributed by atoms with E-state index in [0.29, 0.717) is 28.9 Å². The highest BCUT2D eigenvalue weighted by atomic mass is 79.9. The van der Waals surface area contributed by atoms with Crippen LogP contribution < -0.4 is 10.1 Å². The van der Waals surface area contributed by atoms with E-state index < -0.39 is 0 Å². The molecule has 0 unspecified atom stereocenters. The Labute approximate surface area is 126 Å². The van der Waals surface area contributed by atoms with Crippen LogP contribution in [0.3, 0.4) is 0 Å². The summed E-state index contributed by atoms with van der Waals surface area (Å²) in [6.45, 7) is 5.03. The molecule has 1 rings (SSSR count). The van der Waals surface area contributed by atoms with E-state index in [1.807, 2.05) is 6.07 Å². The second kappa shape index (κ2) is 8.22. The summed E-state index contributed by atoms with van der Waals surface area (Å²) in [6.07, 6.45) is 0. The monoisotopic (exact) mass is 359 g/mol. The Kier molecular flexibility index (Phi) is 8.25. The molecule has 0 amide bonds. The van der Waals surface area contributed by atoms with E-state index >= 15 is 0 Å². The van der Waals surface area contributed by atoms with Crippen LogP contribution in [-0.4, -0.2) is 13.7 Å². The topological polar surface area (TPSA) is 21.3 Å². The molecule has 0 aromatic heterocycles. The molecule has 6 heteroatoms. The van der Waals surface area contributed by atoms with Gasteiger partial charge in [0.1, 0.15) is 5.75 Å². The summed E-state index contributed by atoms with van der Waals surface area (Å²) in [4.78, 5) is 0. The van der Waals surface area contributed by atoms with Crippen LogP contribution in [-0.2, 0) is 6.54 Å². The second-order valence-electron chi connectivity index (χ2n) is 3.20. The number of rotatable bonds is 5. The first-order valence-corrected chi connectivity index (χ1v) is 6.15. The maximum absolute atomic E-state index is 6.01. The maximum atomic E-state index is 6.01. The van der Waals surface area contributed by atoms with Crippen molar-refractivity contribution in [2.24, 2.45) is 0 Å². The zero-order chi connectivity index (χ0) is 12.1. The third-order valence-corrected chi connectivity index (χ3v) is 2.70. The quantitative estimate of drug-likeness (QED) is 0.838. The van der Waals surface area contributed by atoms with Gasteiger partial charge >= 0.3 is 0 Å². The molecule has 0 fully saturated rings. The molecule has 0 bridgehead atoms. The first-order valence-electron chi connectivity index (χ1n) is 4.60. The normalized spacial score (nSPS) is 9.65. The van der Waals surface area contributed by atoms with Crippen LogP contribution in [0.2, 0.25) is 10.0 Å². The first-order chi connectivity index (χ1) is 7.54. The van der Waals surface area contributed by atoms with Gasteiger partial charge in [-0.2, -0.15) is 0 Å².